The molecule has 1 heterocycles. The Morgan fingerprint density at radius 1 is 0.962 bits per heavy atom. The van der Waals surface area contributed by atoms with Gasteiger partial charge in [0.1, 0.15) is 17.4 Å². The Morgan fingerprint density at radius 3 is 2.04 bits per heavy atom. The summed E-state index contributed by atoms with van der Waals surface area (Å²) in [5, 5.41) is 3.02. The number of furan rings is 1. The van der Waals surface area contributed by atoms with Gasteiger partial charge in [-0.2, -0.15) is 0 Å². The summed E-state index contributed by atoms with van der Waals surface area (Å²) in [6.45, 7) is 0. The number of rotatable bonds is 5. The van der Waals surface area contributed by atoms with Crippen LogP contribution in [-0.4, -0.2) is 5.91 Å². The van der Waals surface area contributed by atoms with E-state index in [0.29, 0.717) is 0 Å². The zero-order valence-corrected chi connectivity index (χ0v) is 13.9. The van der Waals surface area contributed by atoms with Crippen molar-refractivity contribution in [1.29, 1.82) is 0 Å². The van der Waals surface area contributed by atoms with Crippen LogP contribution in [-0.2, 0) is 4.79 Å². The molecule has 0 unspecified atom stereocenters. The third-order valence-electron chi connectivity index (χ3n) is 4.73. The second-order valence-electron chi connectivity index (χ2n) is 6.51. The third kappa shape index (κ3) is 3.38. The maximum absolute atomic E-state index is 13.3. The topological polar surface area (TPSA) is 42.2 Å². The third-order valence-corrected chi connectivity index (χ3v) is 4.73. The zero-order chi connectivity index (χ0) is 18.1. The van der Waals surface area contributed by atoms with Gasteiger partial charge in [-0.25, -0.2) is 8.78 Å². The highest BCUT2D eigenvalue weighted by Crippen LogP contribution is 2.48. The van der Waals surface area contributed by atoms with E-state index in [9.17, 15) is 13.6 Å². The molecule has 1 aliphatic carbocycles. The van der Waals surface area contributed by atoms with Crippen molar-refractivity contribution in [2.75, 3.05) is 0 Å². The van der Waals surface area contributed by atoms with Gasteiger partial charge in [-0.3, -0.25) is 4.79 Å². The fourth-order valence-electron chi connectivity index (χ4n) is 3.22. The van der Waals surface area contributed by atoms with Gasteiger partial charge in [-0.1, -0.05) is 24.3 Å². The fraction of sp³-hybridized carbons (Fsp3) is 0.190. The molecular weight excluding hydrogens is 336 g/mol. The molecule has 0 bridgehead atoms. The molecule has 5 heteroatoms. The summed E-state index contributed by atoms with van der Waals surface area (Å²) >= 11 is 0. The van der Waals surface area contributed by atoms with Gasteiger partial charge in [0.05, 0.1) is 12.3 Å². The summed E-state index contributed by atoms with van der Waals surface area (Å²) in [5.74, 6) is -0.0389. The second kappa shape index (κ2) is 6.75. The van der Waals surface area contributed by atoms with Crippen LogP contribution in [0.2, 0.25) is 0 Å². The van der Waals surface area contributed by atoms with Crippen molar-refractivity contribution >= 4 is 5.91 Å². The van der Waals surface area contributed by atoms with Crippen LogP contribution in [0.3, 0.4) is 0 Å². The summed E-state index contributed by atoms with van der Waals surface area (Å²) in [5.41, 5.74) is 1.48. The van der Waals surface area contributed by atoms with Crippen LogP contribution in [0.5, 0.6) is 0 Å². The molecule has 3 aromatic rings. The van der Waals surface area contributed by atoms with Gasteiger partial charge in [0, 0.05) is 11.8 Å². The van der Waals surface area contributed by atoms with Gasteiger partial charge >= 0.3 is 0 Å². The Kier molecular flexibility index (Phi) is 4.29. The van der Waals surface area contributed by atoms with E-state index in [1.54, 1.807) is 30.5 Å². The van der Waals surface area contributed by atoms with E-state index in [1.165, 1.54) is 24.3 Å². The molecule has 2 atom stereocenters. The summed E-state index contributed by atoms with van der Waals surface area (Å²) in [6, 6.07) is 15.1. The van der Waals surface area contributed by atoms with Crippen molar-refractivity contribution in [3.63, 3.8) is 0 Å². The Balaban J connectivity index is 1.56. The van der Waals surface area contributed by atoms with E-state index in [2.05, 4.69) is 5.32 Å². The second-order valence-corrected chi connectivity index (χ2v) is 6.51. The number of nitrogens with one attached hydrogen (secondary N) is 1. The summed E-state index contributed by atoms with van der Waals surface area (Å²) in [6.07, 6.45) is 2.33. The monoisotopic (exact) mass is 353 g/mol. The quantitative estimate of drug-likeness (QED) is 0.730. The smallest absolute Gasteiger partial charge is 0.224 e. The number of benzene rings is 2. The lowest BCUT2D eigenvalue weighted by Gasteiger charge is -2.20. The van der Waals surface area contributed by atoms with Crippen LogP contribution < -0.4 is 5.32 Å². The molecule has 0 saturated heterocycles. The Morgan fingerprint density at radius 2 is 1.54 bits per heavy atom. The highest BCUT2D eigenvalue weighted by molar-refractivity contribution is 5.83. The average molecular weight is 353 g/mol. The number of carbonyl (C=O) groups is 1. The van der Waals surface area contributed by atoms with Crippen molar-refractivity contribution in [2.24, 2.45) is 5.92 Å². The van der Waals surface area contributed by atoms with E-state index in [-0.39, 0.29) is 29.4 Å². The number of carbonyl (C=O) groups excluding carboxylic acids is 1. The molecule has 1 saturated carbocycles. The van der Waals surface area contributed by atoms with Crippen molar-refractivity contribution < 1.29 is 18.0 Å². The van der Waals surface area contributed by atoms with Gasteiger partial charge in [0.25, 0.3) is 0 Å². The minimum atomic E-state index is -0.471. The molecule has 132 valence electrons. The zero-order valence-electron chi connectivity index (χ0n) is 13.9. The van der Waals surface area contributed by atoms with E-state index in [1.807, 2.05) is 12.1 Å². The van der Waals surface area contributed by atoms with Gasteiger partial charge in [-0.15, -0.1) is 0 Å². The summed E-state index contributed by atoms with van der Waals surface area (Å²) < 4.78 is 31.9. The Labute approximate surface area is 149 Å². The molecule has 4 rings (SSSR count). The molecule has 3 nitrogen and oxygen atoms in total. The lowest BCUT2D eigenvalue weighted by atomic mass is 9.98. The minimum absolute atomic E-state index is 0.0899. The number of amides is 1. The number of hydrogen-bond donors (Lipinski definition) is 1. The van der Waals surface area contributed by atoms with Crippen LogP contribution in [0.4, 0.5) is 8.78 Å². The number of halogens is 2. The first-order chi connectivity index (χ1) is 12.6. The fourth-order valence-corrected chi connectivity index (χ4v) is 3.22. The van der Waals surface area contributed by atoms with Gasteiger partial charge in [0.15, 0.2) is 0 Å². The molecule has 1 fully saturated rings. The summed E-state index contributed by atoms with van der Waals surface area (Å²) in [7, 11) is 0. The minimum Gasteiger partial charge on any atom is -0.469 e. The lowest BCUT2D eigenvalue weighted by molar-refractivity contribution is -0.122. The predicted octanol–water partition coefficient (Wildman–Crippen LogP) is 4.57. The molecule has 0 aliphatic heterocycles. The van der Waals surface area contributed by atoms with Crippen molar-refractivity contribution in [3.05, 3.63) is 95.4 Å². The molecule has 1 N–H and O–H groups in total. The summed E-state index contributed by atoms with van der Waals surface area (Å²) in [4.78, 5) is 12.7. The van der Waals surface area contributed by atoms with Gasteiger partial charge in [-0.05, 0) is 53.9 Å². The van der Waals surface area contributed by atoms with Crippen molar-refractivity contribution in [2.45, 2.75) is 18.4 Å². The molecule has 0 spiro atoms. The molecule has 0 radical (unpaired) electrons. The molecule has 26 heavy (non-hydrogen) atoms. The Hall–Kier alpha value is -2.95. The van der Waals surface area contributed by atoms with Crippen molar-refractivity contribution in [1.82, 2.24) is 5.32 Å². The molecule has 2 aromatic carbocycles. The lowest BCUT2D eigenvalue weighted by Crippen LogP contribution is -2.31. The molecule has 1 aromatic heterocycles. The van der Waals surface area contributed by atoms with Crippen LogP contribution in [0.25, 0.3) is 0 Å². The molecule has 1 aliphatic rings. The van der Waals surface area contributed by atoms with Gasteiger partial charge in [0.2, 0.25) is 5.91 Å². The normalized spacial score (nSPS) is 18.7. The average Bonchev–Trinajstić information content (AvgIpc) is 3.27. The van der Waals surface area contributed by atoms with Gasteiger partial charge < -0.3 is 9.73 Å². The highest BCUT2D eigenvalue weighted by atomic mass is 19.1. The predicted molar refractivity (Wildman–Crippen MR) is 92.3 cm³/mol. The van der Waals surface area contributed by atoms with E-state index in [0.717, 1.165) is 23.3 Å². The van der Waals surface area contributed by atoms with Crippen LogP contribution >= 0.6 is 0 Å². The van der Waals surface area contributed by atoms with Crippen LogP contribution in [0, 0.1) is 17.6 Å². The SMILES string of the molecule is O=C(NC(c1ccc(F)cc1)c1ccc(F)cc1)[C@@H]1C[C@H]1c1ccco1. The van der Waals surface area contributed by atoms with E-state index >= 15 is 0 Å². The number of hydrogen-bond acceptors (Lipinski definition) is 2. The Bertz CT molecular complexity index is 843. The standard InChI is InChI=1S/C21H17F2NO2/c22-15-7-3-13(4-8-15)20(14-5-9-16(23)10-6-14)24-21(25)18-12-17(18)19-2-1-11-26-19/h1-11,17-18,20H,12H2,(H,24,25)/t17-,18-/m1/s1. The van der Waals surface area contributed by atoms with Crippen molar-refractivity contribution in [3.8, 4) is 0 Å². The largest absolute Gasteiger partial charge is 0.469 e. The van der Waals surface area contributed by atoms with Crippen LogP contribution in [0.15, 0.2) is 71.3 Å². The van der Waals surface area contributed by atoms with E-state index < -0.39 is 6.04 Å². The first-order valence-corrected chi connectivity index (χ1v) is 8.46. The first kappa shape index (κ1) is 16.5. The maximum atomic E-state index is 13.3. The molecular formula is C21H17F2NO2. The maximum Gasteiger partial charge on any atom is 0.224 e. The highest BCUT2D eigenvalue weighted by Gasteiger charge is 2.46. The molecule has 1 amide bonds. The van der Waals surface area contributed by atoms with E-state index in [4.69, 9.17) is 4.42 Å². The van der Waals surface area contributed by atoms with Crippen LogP contribution in [0.1, 0.15) is 35.3 Å². The first-order valence-electron chi connectivity index (χ1n) is 8.46.